The fourth-order valence-corrected chi connectivity index (χ4v) is 1.57. The van der Waals surface area contributed by atoms with Gasteiger partial charge in [0.15, 0.2) is 0 Å². The third-order valence-corrected chi connectivity index (χ3v) is 2.36. The maximum atomic E-state index is 5.48. The van der Waals surface area contributed by atoms with E-state index in [-0.39, 0.29) is 0 Å². The first kappa shape index (κ1) is 8.02. The predicted octanol–water partition coefficient (Wildman–Crippen LogP) is 1.01. The highest BCUT2D eigenvalue weighted by molar-refractivity contribution is 4.70. The number of hydrogen-bond donors (Lipinski definition) is 1. The van der Waals surface area contributed by atoms with Gasteiger partial charge in [-0.15, -0.1) is 0 Å². The molecular weight excluding hydrogens is 126 g/mol. The minimum absolute atomic E-state index is 0.720. The van der Waals surface area contributed by atoms with Gasteiger partial charge in [-0.1, -0.05) is 6.92 Å². The lowest BCUT2D eigenvalue weighted by atomic mass is 9.87. The molecule has 1 aliphatic rings. The van der Waals surface area contributed by atoms with Gasteiger partial charge in [-0.25, -0.2) is 0 Å². The summed E-state index contributed by atoms with van der Waals surface area (Å²) < 4.78 is 5.32. The van der Waals surface area contributed by atoms with Gasteiger partial charge in [-0.2, -0.15) is 0 Å². The Morgan fingerprint density at radius 1 is 1.60 bits per heavy atom. The molecule has 1 aliphatic heterocycles. The summed E-state index contributed by atoms with van der Waals surface area (Å²) in [6.07, 6.45) is 2.38. The standard InChI is InChI=1S/C8H17NO/c1-7-6-10-5-3-8(7)2-4-9/h7-8H,2-6,9H2,1H3. The highest BCUT2D eigenvalue weighted by atomic mass is 16.5. The van der Waals surface area contributed by atoms with Gasteiger partial charge in [0.25, 0.3) is 0 Å². The van der Waals surface area contributed by atoms with E-state index in [0.29, 0.717) is 0 Å². The summed E-state index contributed by atoms with van der Waals surface area (Å²) in [6, 6.07) is 0. The van der Waals surface area contributed by atoms with E-state index in [2.05, 4.69) is 6.92 Å². The molecule has 0 saturated carbocycles. The van der Waals surface area contributed by atoms with Crippen molar-refractivity contribution < 1.29 is 4.74 Å². The molecule has 1 fully saturated rings. The van der Waals surface area contributed by atoms with Crippen molar-refractivity contribution >= 4 is 0 Å². The van der Waals surface area contributed by atoms with Crippen LogP contribution in [-0.2, 0) is 4.74 Å². The molecule has 2 nitrogen and oxygen atoms in total. The van der Waals surface area contributed by atoms with Gasteiger partial charge >= 0.3 is 0 Å². The summed E-state index contributed by atoms with van der Waals surface area (Å²) in [5, 5.41) is 0. The molecule has 1 heterocycles. The second-order valence-corrected chi connectivity index (χ2v) is 3.18. The molecule has 2 N–H and O–H groups in total. The Hall–Kier alpha value is -0.0800. The van der Waals surface area contributed by atoms with Crippen LogP contribution in [0.5, 0.6) is 0 Å². The summed E-state index contributed by atoms with van der Waals surface area (Å²) in [5.41, 5.74) is 5.48. The number of hydrogen-bond acceptors (Lipinski definition) is 2. The Balaban J connectivity index is 2.25. The first-order valence-electron chi connectivity index (χ1n) is 4.12. The molecule has 0 aliphatic carbocycles. The Morgan fingerprint density at radius 3 is 3.00 bits per heavy atom. The lowest BCUT2D eigenvalue weighted by molar-refractivity contribution is 0.0224. The molecule has 1 rings (SSSR count). The molecule has 0 aromatic rings. The summed E-state index contributed by atoms with van der Waals surface area (Å²) in [4.78, 5) is 0. The van der Waals surface area contributed by atoms with Crippen LogP contribution in [0, 0.1) is 11.8 Å². The third kappa shape index (κ3) is 1.96. The normalized spacial score (nSPS) is 34.2. The van der Waals surface area contributed by atoms with Gasteiger partial charge in [0.2, 0.25) is 0 Å². The summed E-state index contributed by atoms with van der Waals surface area (Å²) >= 11 is 0. The lowest BCUT2D eigenvalue weighted by Gasteiger charge is -2.28. The number of rotatable bonds is 2. The van der Waals surface area contributed by atoms with E-state index in [1.165, 1.54) is 12.8 Å². The molecule has 0 spiro atoms. The van der Waals surface area contributed by atoms with Crippen molar-refractivity contribution in [1.29, 1.82) is 0 Å². The van der Waals surface area contributed by atoms with Gasteiger partial charge in [0, 0.05) is 13.2 Å². The van der Waals surface area contributed by atoms with Crippen molar-refractivity contribution in [2.75, 3.05) is 19.8 Å². The van der Waals surface area contributed by atoms with Crippen LogP contribution in [-0.4, -0.2) is 19.8 Å². The zero-order chi connectivity index (χ0) is 7.40. The SMILES string of the molecule is CC1COCCC1CCN. The minimum atomic E-state index is 0.720. The van der Waals surface area contributed by atoms with Crippen LogP contribution in [0.15, 0.2) is 0 Å². The zero-order valence-electron chi connectivity index (χ0n) is 6.68. The van der Waals surface area contributed by atoms with E-state index in [4.69, 9.17) is 10.5 Å². The fourth-order valence-electron chi connectivity index (χ4n) is 1.57. The molecule has 1 saturated heterocycles. The highest BCUT2D eigenvalue weighted by Crippen LogP contribution is 2.23. The first-order valence-corrected chi connectivity index (χ1v) is 4.12. The van der Waals surface area contributed by atoms with E-state index >= 15 is 0 Å². The zero-order valence-corrected chi connectivity index (χ0v) is 6.68. The van der Waals surface area contributed by atoms with Crippen molar-refractivity contribution in [3.8, 4) is 0 Å². The Morgan fingerprint density at radius 2 is 2.40 bits per heavy atom. The van der Waals surface area contributed by atoms with Crippen LogP contribution < -0.4 is 5.73 Å². The van der Waals surface area contributed by atoms with E-state index in [9.17, 15) is 0 Å². The lowest BCUT2D eigenvalue weighted by Crippen LogP contribution is -2.26. The molecule has 0 amide bonds. The third-order valence-electron chi connectivity index (χ3n) is 2.36. The van der Waals surface area contributed by atoms with Gasteiger partial charge in [-0.05, 0) is 31.2 Å². The van der Waals surface area contributed by atoms with Crippen LogP contribution >= 0.6 is 0 Å². The summed E-state index contributed by atoms with van der Waals surface area (Å²) in [5.74, 6) is 1.54. The van der Waals surface area contributed by atoms with Crippen LogP contribution in [0.1, 0.15) is 19.8 Å². The molecule has 2 unspecified atom stereocenters. The molecule has 0 radical (unpaired) electrons. The maximum Gasteiger partial charge on any atom is 0.0494 e. The average Bonchev–Trinajstić information content (AvgIpc) is 1.94. The first-order chi connectivity index (χ1) is 4.84. The van der Waals surface area contributed by atoms with Crippen molar-refractivity contribution in [2.24, 2.45) is 17.6 Å². The Kier molecular flexibility index (Phi) is 3.16. The molecule has 2 heteroatoms. The second kappa shape index (κ2) is 3.94. The van der Waals surface area contributed by atoms with E-state index in [1.54, 1.807) is 0 Å². The van der Waals surface area contributed by atoms with E-state index in [0.717, 1.165) is 31.6 Å². The number of nitrogens with two attached hydrogens (primary N) is 1. The Bertz CT molecular complexity index is 93.3. The molecule has 0 bridgehead atoms. The van der Waals surface area contributed by atoms with Crippen molar-refractivity contribution in [2.45, 2.75) is 19.8 Å². The van der Waals surface area contributed by atoms with Crippen molar-refractivity contribution in [1.82, 2.24) is 0 Å². The molecule has 60 valence electrons. The van der Waals surface area contributed by atoms with Crippen LogP contribution in [0.25, 0.3) is 0 Å². The smallest absolute Gasteiger partial charge is 0.0494 e. The summed E-state index contributed by atoms with van der Waals surface area (Å²) in [6.45, 7) is 4.95. The van der Waals surface area contributed by atoms with Crippen molar-refractivity contribution in [3.05, 3.63) is 0 Å². The monoisotopic (exact) mass is 143 g/mol. The van der Waals surface area contributed by atoms with Crippen LogP contribution in [0.2, 0.25) is 0 Å². The Labute approximate surface area is 62.7 Å². The molecule has 2 atom stereocenters. The quantitative estimate of drug-likeness (QED) is 0.626. The summed E-state index contributed by atoms with van der Waals surface area (Å²) in [7, 11) is 0. The topological polar surface area (TPSA) is 35.2 Å². The molecule has 0 aromatic carbocycles. The highest BCUT2D eigenvalue weighted by Gasteiger charge is 2.20. The maximum absolute atomic E-state index is 5.48. The number of ether oxygens (including phenoxy) is 1. The van der Waals surface area contributed by atoms with E-state index < -0.39 is 0 Å². The minimum Gasteiger partial charge on any atom is -0.381 e. The molecule has 0 aromatic heterocycles. The van der Waals surface area contributed by atoms with E-state index in [1.807, 2.05) is 0 Å². The van der Waals surface area contributed by atoms with Gasteiger partial charge in [0.1, 0.15) is 0 Å². The molecule has 10 heavy (non-hydrogen) atoms. The van der Waals surface area contributed by atoms with Crippen LogP contribution in [0.4, 0.5) is 0 Å². The fraction of sp³-hybridized carbons (Fsp3) is 1.00. The van der Waals surface area contributed by atoms with Crippen LogP contribution in [0.3, 0.4) is 0 Å². The molecular formula is C8H17NO. The predicted molar refractivity (Wildman–Crippen MR) is 41.8 cm³/mol. The largest absolute Gasteiger partial charge is 0.381 e. The average molecular weight is 143 g/mol. The van der Waals surface area contributed by atoms with Gasteiger partial charge in [-0.3, -0.25) is 0 Å². The van der Waals surface area contributed by atoms with Gasteiger partial charge in [0.05, 0.1) is 0 Å². The van der Waals surface area contributed by atoms with Crippen molar-refractivity contribution in [3.63, 3.8) is 0 Å². The second-order valence-electron chi connectivity index (χ2n) is 3.18. The van der Waals surface area contributed by atoms with Gasteiger partial charge < -0.3 is 10.5 Å².